The largest absolute Gasteiger partial charge is 0.284 e. The lowest BCUT2D eigenvalue weighted by Gasteiger charge is -2.01. The molecule has 5 nitrogen and oxygen atoms in total. The summed E-state index contributed by atoms with van der Waals surface area (Å²) in [5.41, 5.74) is 0. The second-order valence-corrected chi connectivity index (χ2v) is 4.18. The SMILES string of the molecule is C=CCCNS(=O)(=O)c1cn[nH]c1. The van der Waals surface area contributed by atoms with Crippen molar-refractivity contribution < 1.29 is 8.42 Å². The molecule has 0 atom stereocenters. The second kappa shape index (κ2) is 4.20. The summed E-state index contributed by atoms with van der Waals surface area (Å²) in [6, 6.07) is 0. The maximum absolute atomic E-state index is 11.4. The topological polar surface area (TPSA) is 74.8 Å². The number of rotatable bonds is 5. The van der Waals surface area contributed by atoms with Gasteiger partial charge in [0.25, 0.3) is 0 Å². The molecular formula is C7H11N3O2S. The Morgan fingerprint density at radius 3 is 3.00 bits per heavy atom. The van der Waals surface area contributed by atoms with E-state index < -0.39 is 10.0 Å². The maximum atomic E-state index is 11.4. The van der Waals surface area contributed by atoms with Crippen molar-refractivity contribution in [1.29, 1.82) is 0 Å². The summed E-state index contributed by atoms with van der Waals surface area (Å²) >= 11 is 0. The lowest BCUT2D eigenvalue weighted by molar-refractivity contribution is 0.582. The van der Waals surface area contributed by atoms with Crippen molar-refractivity contribution in [3.05, 3.63) is 25.0 Å². The van der Waals surface area contributed by atoms with E-state index in [0.29, 0.717) is 13.0 Å². The van der Waals surface area contributed by atoms with Crippen molar-refractivity contribution in [1.82, 2.24) is 14.9 Å². The van der Waals surface area contributed by atoms with Crippen molar-refractivity contribution in [3.8, 4) is 0 Å². The van der Waals surface area contributed by atoms with Gasteiger partial charge in [-0.05, 0) is 6.42 Å². The monoisotopic (exact) mass is 201 g/mol. The minimum atomic E-state index is -3.38. The number of sulfonamides is 1. The van der Waals surface area contributed by atoms with E-state index in [0.717, 1.165) is 0 Å². The summed E-state index contributed by atoms with van der Waals surface area (Å²) in [7, 11) is -3.38. The highest BCUT2D eigenvalue weighted by molar-refractivity contribution is 7.89. The van der Waals surface area contributed by atoms with Crippen molar-refractivity contribution in [2.45, 2.75) is 11.3 Å². The van der Waals surface area contributed by atoms with E-state index in [9.17, 15) is 8.42 Å². The average Bonchev–Trinajstić information content (AvgIpc) is 2.56. The van der Waals surface area contributed by atoms with Crippen molar-refractivity contribution in [2.75, 3.05) is 6.54 Å². The Kier molecular flexibility index (Phi) is 3.21. The van der Waals surface area contributed by atoms with Gasteiger partial charge in [-0.2, -0.15) is 5.10 Å². The standard InChI is InChI=1S/C7H11N3O2S/c1-2-3-4-10-13(11,12)7-5-8-9-6-7/h2,5-6,10H,1,3-4H2,(H,8,9). The smallest absolute Gasteiger partial charge is 0.243 e. The van der Waals surface area contributed by atoms with Crippen LogP contribution in [0.2, 0.25) is 0 Å². The normalized spacial score (nSPS) is 11.4. The summed E-state index contributed by atoms with van der Waals surface area (Å²) in [4.78, 5) is 0.150. The zero-order valence-electron chi connectivity index (χ0n) is 7.03. The van der Waals surface area contributed by atoms with Crippen LogP contribution in [0, 0.1) is 0 Å². The summed E-state index contributed by atoms with van der Waals surface area (Å²) in [5.74, 6) is 0. The first-order valence-electron chi connectivity index (χ1n) is 3.76. The van der Waals surface area contributed by atoms with Crippen LogP contribution < -0.4 is 4.72 Å². The molecule has 1 rings (SSSR count). The number of hydrogen-bond acceptors (Lipinski definition) is 3. The maximum Gasteiger partial charge on any atom is 0.243 e. The van der Waals surface area contributed by atoms with Gasteiger partial charge in [-0.25, -0.2) is 13.1 Å². The number of nitrogens with zero attached hydrogens (tertiary/aromatic N) is 1. The van der Waals surface area contributed by atoms with E-state index in [2.05, 4.69) is 21.5 Å². The van der Waals surface area contributed by atoms with Gasteiger partial charge in [-0.3, -0.25) is 5.10 Å². The fraction of sp³-hybridized carbons (Fsp3) is 0.286. The fourth-order valence-electron chi connectivity index (χ4n) is 0.765. The summed E-state index contributed by atoms with van der Waals surface area (Å²) in [6.07, 6.45) is 4.85. The minimum absolute atomic E-state index is 0.150. The highest BCUT2D eigenvalue weighted by atomic mass is 32.2. The van der Waals surface area contributed by atoms with Gasteiger partial charge < -0.3 is 0 Å². The highest BCUT2D eigenvalue weighted by Gasteiger charge is 2.13. The van der Waals surface area contributed by atoms with E-state index in [4.69, 9.17) is 0 Å². The lowest BCUT2D eigenvalue weighted by Crippen LogP contribution is -2.24. The molecule has 0 aromatic carbocycles. The fourth-order valence-corrected chi connectivity index (χ4v) is 1.72. The number of aromatic amines is 1. The Morgan fingerprint density at radius 1 is 1.69 bits per heavy atom. The molecule has 1 aromatic rings. The average molecular weight is 201 g/mol. The van der Waals surface area contributed by atoms with Crippen LogP contribution in [0.5, 0.6) is 0 Å². The number of H-pyrrole nitrogens is 1. The summed E-state index contributed by atoms with van der Waals surface area (Å²) in [6.45, 7) is 3.85. The van der Waals surface area contributed by atoms with Crippen LogP contribution in [-0.2, 0) is 10.0 Å². The van der Waals surface area contributed by atoms with E-state index in [-0.39, 0.29) is 4.90 Å². The van der Waals surface area contributed by atoms with Crippen LogP contribution in [-0.4, -0.2) is 25.2 Å². The minimum Gasteiger partial charge on any atom is -0.284 e. The molecule has 0 aliphatic rings. The van der Waals surface area contributed by atoms with Crippen molar-refractivity contribution in [2.24, 2.45) is 0 Å². The molecule has 1 heterocycles. The summed E-state index contributed by atoms with van der Waals surface area (Å²) in [5, 5.41) is 5.99. The van der Waals surface area contributed by atoms with Crippen LogP contribution in [0.3, 0.4) is 0 Å². The molecule has 13 heavy (non-hydrogen) atoms. The second-order valence-electron chi connectivity index (χ2n) is 2.41. The molecule has 0 unspecified atom stereocenters. The van der Waals surface area contributed by atoms with Crippen LogP contribution in [0.25, 0.3) is 0 Å². The first kappa shape index (κ1) is 9.94. The molecule has 1 aromatic heterocycles. The Hall–Kier alpha value is -1.14. The Bertz CT molecular complexity index is 355. The van der Waals surface area contributed by atoms with Gasteiger partial charge in [0.15, 0.2) is 0 Å². The molecule has 0 amide bonds. The molecular weight excluding hydrogens is 190 g/mol. The lowest BCUT2D eigenvalue weighted by atomic mass is 10.4. The van der Waals surface area contributed by atoms with Gasteiger partial charge in [-0.15, -0.1) is 6.58 Å². The molecule has 72 valence electrons. The number of aromatic nitrogens is 2. The molecule has 0 aliphatic carbocycles. The Morgan fingerprint density at radius 2 is 2.46 bits per heavy atom. The number of hydrogen-bond donors (Lipinski definition) is 2. The Balaban J connectivity index is 2.62. The van der Waals surface area contributed by atoms with E-state index in [1.165, 1.54) is 12.4 Å². The van der Waals surface area contributed by atoms with Gasteiger partial charge in [0.05, 0.1) is 6.20 Å². The van der Waals surface area contributed by atoms with Crippen LogP contribution >= 0.6 is 0 Å². The van der Waals surface area contributed by atoms with E-state index >= 15 is 0 Å². The predicted octanol–water partition coefficient (Wildman–Crippen LogP) is 0.264. The quantitative estimate of drug-likeness (QED) is 0.530. The summed E-state index contributed by atoms with van der Waals surface area (Å²) < 4.78 is 25.1. The van der Waals surface area contributed by atoms with Gasteiger partial charge in [-0.1, -0.05) is 6.08 Å². The van der Waals surface area contributed by atoms with Crippen LogP contribution in [0.4, 0.5) is 0 Å². The molecule has 0 fully saturated rings. The first-order valence-corrected chi connectivity index (χ1v) is 5.24. The molecule has 2 N–H and O–H groups in total. The van der Waals surface area contributed by atoms with Crippen molar-refractivity contribution in [3.63, 3.8) is 0 Å². The van der Waals surface area contributed by atoms with Gasteiger partial charge >= 0.3 is 0 Å². The molecule has 6 heteroatoms. The molecule has 0 saturated heterocycles. The predicted molar refractivity (Wildman–Crippen MR) is 48.6 cm³/mol. The van der Waals surface area contributed by atoms with E-state index in [1.54, 1.807) is 6.08 Å². The van der Waals surface area contributed by atoms with Crippen molar-refractivity contribution >= 4 is 10.0 Å². The number of nitrogens with one attached hydrogen (secondary N) is 2. The highest BCUT2D eigenvalue weighted by Crippen LogP contribution is 2.03. The molecule has 0 saturated carbocycles. The van der Waals surface area contributed by atoms with E-state index in [1.807, 2.05) is 0 Å². The van der Waals surface area contributed by atoms with Gasteiger partial charge in [0.1, 0.15) is 4.90 Å². The zero-order valence-corrected chi connectivity index (χ0v) is 7.84. The molecule has 0 aliphatic heterocycles. The van der Waals surface area contributed by atoms with Crippen LogP contribution in [0.1, 0.15) is 6.42 Å². The van der Waals surface area contributed by atoms with Gasteiger partial charge in [0.2, 0.25) is 10.0 Å². The molecule has 0 bridgehead atoms. The Labute approximate surface area is 76.9 Å². The molecule has 0 radical (unpaired) electrons. The van der Waals surface area contributed by atoms with Crippen LogP contribution in [0.15, 0.2) is 29.9 Å². The third-order valence-corrected chi connectivity index (χ3v) is 2.85. The zero-order chi connectivity index (χ0) is 9.73. The third kappa shape index (κ3) is 2.67. The molecule has 0 spiro atoms. The first-order chi connectivity index (χ1) is 6.17. The third-order valence-electron chi connectivity index (χ3n) is 1.42. The van der Waals surface area contributed by atoms with Gasteiger partial charge in [0, 0.05) is 12.7 Å².